The van der Waals surface area contributed by atoms with Gasteiger partial charge in [0.2, 0.25) is 5.89 Å². The summed E-state index contributed by atoms with van der Waals surface area (Å²) >= 11 is 1.44. The maximum Gasteiger partial charge on any atom is 0.259 e. The van der Waals surface area contributed by atoms with Crippen molar-refractivity contribution in [1.82, 2.24) is 10.2 Å². The van der Waals surface area contributed by atoms with Crippen molar-refractivity contribution in [1.29, 1.82) is 0 Å². The van der Waals surface area contributed by atoms with Gasteiger partial charge in [0.25, 0.3) is 11.8 Å². The number of hydrogen-bond acceptors (Lipinski definition) is 7. The molecule has 0 unspecified atom stereocenters. The molecule has 0 radical (unpaired) electrons. The van der Waals surface area contributed by atoms with Gasteiger partial charge in [-0.05, 0) is 42.5 Å². The molecule has 0 spiro atoms. The molecule has 26 heavy (non-hydrogen) atoms. The summed E-state index contributed by atoms with van der Waals surface area (Å²) in [4.78, 5) is 13.4. The van der Waals surface area contributed by atoms with Gasteiger partial charge in [-0.1, -0.05) is 0 Å². The number of rotatable bonds is 6. The highest BCUT2D eigenvalue weighted by Crippen LogP contribution is 2.41. The number of benzene rings is 1. The molecule has 134 valence electrons. The van der Waals surface area contributed by atoms with Crippen molar-refractivity contribution in [3.63, 3.8) is 0 Å². The molecular weight excluding hydrogens is 354 g/mol. The summed E-state index contributed by atoms with van der Waals surface area (Å²) in [6.45, 7) is 0. The number of thiophene rings is 1. The monoisotopic (exact) mass is 371 g/mol. The summed E-state index contributed by atoms with van der Waals surface area (Å²) in [5.74, 6) is 2.30. The van der Waals surface area contributed by atoms with Crippen molar-refractivity contribution in [2.24, 2.45) is 0 Å². The molecule has 0 atom stereocenters. The molecule has 1 saturated carbocycles. The molecule has 3 aromatic rings. The molecular formula is C18H17N3O4S. The fourth-order valence-electron chi connectivity index (χ4n) is 2.57. The number of nitrogens with zero attached hydrogens (tertiary/aromatic N) is 2. The first kappa shape index (κ1) is 16.6. The van der Waals surface area contributed by atoms with Crippen LogP contribution in [0.3, 0.4) is 0 Å². The van der Waals surface area contributed by atoms with Gasteiger partial charge >= 0.3 is 0 Å². The lowest BCUT2D eigenvalue weighted by atomic mass is 10.2. The average molecular weight is 371 g/mol. The van der Waals surface area contributed by atoms with E-state index < -0.39 is 0 Å². The Bertz CT molecular complexity index is 946. The molecule has 1 aliphatic rings. The highest BCUT2D eigenvalue weighted by Gasteiger charge is 2.30. The first-order valence-electron chi connectivity index (χ1n) is 8.14. The number of nitrogens with one attached hydrogen (secondary N) is 1. The van der Waals surface area contributed by atoms with Crippen molar-refractivity contribution in [3.05, 3.63) is 41.1 Å². The van der Waals surface area contributed by atoms with Gasteiger partial charge in [0, 0.05) is 11.5 Å². The summed E-state index contributed by atoms with van der Waals surface area (Å²) in [5.41, 5.74) is 1.10. The van der Waals surface area contributed by atoms with E-state index in [0.29, 0.717) is 40.4 Å². The summed E-state index contributed by atoms with van der Waals surface area (Å²) < 4.78 is 16.2. The van der Waals surface area contributed by atoms with Gasteiger partial charge in [0.1, 0.15) is 4.88 Å². The minimum atomic E-state index is -0.257. The molecule has 1 aliphatic carbocycles. The smallest absolute Gasteiger partial charge is 0.259 e. The minimum Gasteiger partial charge on any atom is -0.493 e. The maximum atomic E-state index is 12.6. The summed E-state index contributed by atoms with van der Waals surface area (Å²) in [6.07, 6.45) is 2.18. The van der Waals surface area contributed by atoms with Crippen molar-refractivity contribution >= 4 is 22.9 Å². The third-order valence-corrected chi connectivity index (χ3v) is 5.02. The number of amides is 1. The van der Waals surface area contributed by atoms with E-state index in [2.05, 4.69) is 15.5 Å². The van der Waals surface area contributed by atoms with Crippen molar-refractivity contribution < 1.29 is 18.7 Å². The second-order valence-electron chi connectivity index (χ2n) is 5.91. The van der Waals surface area contributed by atoms with Gasteiger partial charge in [-0.2, -0.15) is 0 Å². The predicted octanol–water partition coefficient (Wildman–Crippen LogP) is 3.95. The topological polar surface area (TPSA) is 86.5 Å². The van der Waals surface area contributed by atoms with E-state index in [1.165, 1.54) is 18.4 Å². The van der Waals surface area contributed by atoms with Crippen molar-refractivity contribution in [2.75, 3.05) is 19.5 Å². The average Bonchev–Trinajstić information content (AvgIpc) is 3.22. The van der Waals surface area contributed by atoms with Gasteiger partial charge in [0.05, 0.1) is 19.9 Å². The predicted molar refractivity (Wildman–Crippen MR) is 97.1 cm³/mol. The van der Waals surface area contributed by atoms with Crippen LogP contribution in [0, 0.1) is 0 Å². The zero-order chi connectivity index (χ0) is 18.1. The Kier molecular flexibility index (Phi) is 4.34. The Morgan fingerprint density at radius 2 is 2.00 bits per heavy atom. The van der Waals surface area contributed by atoms with E-state index in [1.807, 2.05) is 11.4 Å². The summed E-state index contributed by atoms with van der Waals surface area (Å²) in [7, 11) is 3.08. The summed E-state index contributed by atoms with van der Waals surface area (Å²) in [6, 6.07) is 6.83. The zero-order valence-corrected chi connectivity index (χ0v) is 15.1. The molecule has 1 fully saturated rings. The second-order valence-corrected chi connectivity index (χ2v) is 6.82. The van der Waals surface area contributed by atoms with Crippen LogP contribution in [0.4, 0.5) is 5.69 Å². The van der Waals surface area contributed by atoms with Crippen LogP contribution in [0.15, 0.2) is 34.1 Å². The van der Waals surface area contributed by atoms with Crippen molar-refractivity contribution in [3.8, 4) is 22.3 Å². The molecule has 4 rings (SSSR count). The van der Waals surface area contributed by atoms with Crippen LogP contribution < -0.4 is 14.8 Å². The molecule has 1 N–H and O–H groups in total. The second kappa shape index (κ2) is 6.80. The zero-order valence-electron chi connectivity index (χ0n) is 14.3. The van der Waals surface area contributed by atoms with Crippen LogP contribution in [0.25, 0.3) is 10.8 Å². The third kappa shape index (κ3) is 3.15. The maximum absolute atomic E-state index is 12.6. The molecule has 7 nitrogen and oxygen atoms in total. The fourth-order valence-corrected chi connectivity index (χ4v) is 3.34. The Labute approximate surface area is 154 Å². The van der Waals surface area contributed by atoms with Crippen LogP contribution in [-0.2, 0) is 0 Å². The third-order valence-electron chi connectivity index (χ3n) is 4.12. The van der Waals surface area contributed by atoms with Crippen LogP contribution in [0.5, 0.6) is 11.5 Å². The van der Waals surface area contributed by atoms with Crippen LogP contribution in [0.1, 0.15) is 35.0 Å². The molecule has 2 heterocycles. The lowest BCUT2D eigenvalue weighted by Gasteiger charge is -2.10. The number of carbonyl (C=O) groups excluding carboxylic acids is 1. The first-order valence-corrected chi connectivity index (χ1v) is 9.02. The standard InChI is InChI=1S/C18H17N3O4S/c1-23-13-6-5-11(9-14(13)24-2)16(22)19-12-7-8-26-15(12)18-21-20-17(25-18)10-3-4-10/h5-10H,3-4H2,1-2H3,(H,19,22). The van der Waals surface area contributed by atoms with Crippen molar-refractivity contribution in [2.45, 2.75) is 18.8 Å². The number of hydrogen-bond donors (Lipinski definition) is 1. The number of ether oxygens (including phenoxy) is 2. The molecule has 1 amide bonds. The number of carbonyl (C=O) groups is 1. The lowest BCUT2D eigenvalue weighted by molar-refractivity contribution is 0.102. The highest BCUT2D eigenvalue weighted by molar-refractivity contribution is 7.14. The van der Waals surface area contributed by atoms with Gasteiger partial charge in [-0.15, -0.1) is 21.5 Å². The summed E-state index contributed by atoms with van der Waals surface area (Å²) in [5, 5.41) is 13.0. The quantitative estimate of drug-likeness (QED) is 0.706. The Morgan fingerprint density at radius 3 is 2.73 bits per heavy atom. The van der Waals surface area contributed by atoms with Gasteiger partial charge in [-0.3, -0.25) is 4.79 Å². The van der Waals surface area contributed by atoms with E-state index in [4.69, 9.17) is 13.9 Å². The molecule has 0 saturated heterocycles. The lowest BCUT2D eigenvalue weighted by Crippen LogP contribution is -2.12. The minimum absolute atomic E-state index is 0.257. The molecule has 2 aromatic heterocycles. The molecule has 1 aromatic carbocycles. The Hall–Kier alpha value is -2.87. The van der Waals surface area contributed by atoms with Crippen LogP contribution in [0.2, 0.25) is 0 Å². The molecule has 0 bridgehead atoms. The largest absolute Gasteiger partial charge is 0.493 e. The van der Waals surface area contributed by atoms with E-state index >= 15 is 0 Å². The number of methoxy groups -OCH3 is 2. The molecule has 0 aliphatic heterocycles. The normalized spacial score (nSPS) is 13.5. The van der Waals surface area contributed by atoms with Gasteiger partial charge < -0.3 is 19.2 Å². The van der Waals surface area contributed by atoms with E-state index in [-0.39, 0.29) is 5.91 Å². The Balaban J connectivity index is 1.56. The number of aromatic nitrogens is 2. The number of anilines is 1. The van der Waals surface area contributed by atoms with Crippen LogP contribution >= 0.6 is 11.3 Å². The van der Waals surface area contributed by atoms with Crippen LogP contribution in [-0.4, -0.2) is 30.3 Å². The highest BCUT2D eigenvalue weighted by atomic mass is 32.1. The van der Waals surface area contributed by atoms with E-state index in [1.54, 1.807) is 25.3 Å². The SMILES string of the molecule is COc1ccc(C(=O)Nc2ccsc2-c2nnc(C3CC3)o2)cc1OC. The Morgan fingerprint density at radius 1 is 1.19 bits per heavy atom. The molecule has 8 heteroatoms. The van der Waals surface area contributed by atoms with Gasteiger partial charge in [-0.25, -0.2) is 0 Å². The van der Waals surface area contributed by atoms with E-state index in [9.17, 15) is 4.79 Å². The van der Waals surface area contributed by atoms with E-state index in [0.717, 1.165) is 17.7 Å². The van der Waals surface area contributed by atoms with Gasteiger partial charge in [0.15, 0.2) is 11.5 Å². The fraction of sp³-hybridized carbons (Fsp3) is 0.278. The first-order chi connectivity index (χ1) is 12.7.